The molecule has 0 atom stereocenters. The van der Waals surface area contributed by atoms with Crippen LogP contribution in [0.3, 0.4) is 0 Å². The quantitative estimate of drug-likeness (QED) is 0.670. The topological polar surface area (TPSA) is 29.5 Å². The maximum atomic E-state index is 14.0. The van der Waals surface area contributed by atoms with Crippen molar-refractivity contribution in [1.29, 1.82) is 0 Å². The molecule has 27 heavy (non-hydrogen) atoms. The summed E-state index contributed by atoms with van der Waals surface area (Å²) in [6, 6.07) is 13.6. The molecule has 2 heterocycles. The lowest BCUT2D eigenvalue weighted by atomic mass is 9.73. The Kier molecular flexibility index (Phi) is 5.45. The first-order valence-electron chi connectivity index (χ1n) is 9.54. The molecular formula is C22H23Cl2NO2. The third-order valence-electron chi connectivity index (χ3n) is 5.81. The molecule has 0 unspecified atom stereocenters. The van der Waals surface area contributed by atoms with E-state index in [0.29, 0.717) is 31.1 Å². The van der Waals surface area contributed by atoms with Gasteiger partial charge >= 0.3 is 0 Å². The van der Waals surface area contributed by atoms with Crippen LogP contribution < -0.4 is 4.90 Å². The molecule has 0 N–H and O–H groups in total. The summed E-state index contributed by atoms with van der Waals surface area (Å²) >= 11 is 12.3. The van der Waals surface area contributed by atoms with Gasteiger partial charge in [0.2, 0.25) is 5.91 Å². The molecule has 0 aliphatic carbocycles. The molecule has 2 aliphatic heterocycles. The zero-order chi connectivity index (χ0) is 18.9. The Balaban J connectivity index is 1.77. The minimum atomic E-state index is -0.565. The Morgan fingerprint density at radius 1 is 0.963 bits per heavy atom. The maximum absolute atomic E-state index is 14.0. The lowest BCUT2D eigenvalue weighted by Gasteiger charge is -2.40. The molecule has 0 bridgehead atoms. The number of aryl methyl sites for hydroxylation is 1. The Bertz CT molecular complexity index is 829. The molecule has 2 aromatic rings. The van der Waals surface area contributed by atoms with Gasteiger partial charge in [-0.2, -0.15) is 0 Å². The molecule has 3 nitrogen and oxygen atoms in total. The molecule has 1 amide bonds. The second-order valence-corrected chi connectivity index (χ2v) is 8.26. The second kappa shape index (κ2) is 7.83. The highest BCUT2D eigenvalue weighted by molar-refractivity contribution is 6.31. The van der Waals surface area contributed by atoms with Crippen molar-refractivity contribution in [1.82, 2.24) is 0 Å². The summed E-state index contributed by atoms with van der Waals surface area (Å²) in [5.41, 5.74) is 2.62. The number of nitrogens with zero attached hydrogens (tertiary/aromatic N) is 1. The summed E-state index contributed by atoms with van der Waals surface area (Å²) in [5.74, 6) is 0.165. The molecule has 0 saturated carbocycles. The third-order valence-corrected chi connectivity index (χ3v) is 6.29. The van der Waals surface area contributed by atoms with Gasteiger partial charge in [-0.1, -0.05) is 35.3 Å². The minimum Gasteiger partial charge on any atom is -0.381 e. The van der Waals surface area contributed by atoms with Crippen molar-refractivity contribution in [3.63, 3.8) is 0 Å². The van der Waals surface area contributed by atoms with E-state index in [1.807, 2.05) is 47.4 Å². The molecule has 0 spiro atoms. The predicted octanol–water partition coefficient (Wildman–Crippen LogP) is 5.41. The first-order chi connectivity index (χ1) is 13.1. The average molecular weight is 404 g/mol. The van der Waals surface area contributed by atoms with Crippen LogP contribution in [0.1, 0.15) is 36.8 Å². The number of amides is 1. The van der Waals surface area contributed by atoms with Gasteiger partial charge in [0.05, 0.1) is 5.41 Å². The van der Waals surface area contributed by atoms with E-state index in [2.05, 4.69) is 0 Å². The van der Waals surface area contributed by atoms with Gasteiger partial charge in [-0.05, 0) is 73.6 Å². The van der Waals surface area contributed by atoms with Gasteiger partial charge < -0.3 is 9.64 Å². The Morgan fingerprint density at radius 2 is 1.67 bits per heavy atom. The fourth-order valence-corrected chi connectivity index (χ4v) is 4.63. The molecule has 0 radical (unpaired) electrons. The number of fused-ring (bicyclic) bond motifs is 1. The number of anilines is 1. The van der Waals surface area contributed by atoms with Crippen LogP contribution in [0.15, 0.2) is 42.5 Å². The van der Waals surface area contributed by atoms with E-state index >= 15 is 0 Å². The van der Waals surface area contributed by atoms with Gasteiger partial charge in [0, 0.05) is 35.5 Å². The average Bonchev–Trinajstić information content (AvgIpc) is 2.90. The van der Waals surface area contributed by atoms with Gasteiger partial charge in [0.25, 0.3) is 0 Å². The first kappa shape index (κ1) is 18.8. The Morgan fingerprint density at radius 3 is 2.41 bits per heavy atom. The van der Waals surface area contributed by atoms with E-state index in [4.69, 9.17) is 27.9 Å². The van der Waals surface area contributed by atoms with Crippen LogP contribution in [0, 0.1) is 0 Å². The summed E-state index contributed by atoms with van der Waals surface area (Å²) < 4.78 is 5.60. The van der Waals surface area contributed by atoms with E-state index in [1.54, 1.807) is 0 Å². The highest BCUT2D eigenvalue weighted by atomic mass is 35.5. The molecule has 2 aromatic carbocycles. The van der Waals surface area contributed by atoms with Crippen LogP contribution in [0.4, 0.5) is 5.69 Å². The normalized spacial score (nSPS) is 19.3. The number of benzene rings is 2. The molecule has 0 aromatic heterocycles. The molecule has 1 saturated heterocycles. The zero-order valence-corrected chi connectivity index (χ0v) is 16.7. The van der Waals surface area contributed by atoms with Gasteiger partial charge in [-0.3, -0.25) is 4.79 Å². The summed E-state index contributed by atoms with van der Waals surface area (Å²) in [7, 11) is 0. The fourth-order valence-electron chi connectivity index (χ4n) is 4.31. The number of rotatable bonds is 2. The van der Waals surface area contributed by atoms with Crippen LogP contribution in [0.5, 0.6) is 0 Å². The summed E-state index contributed by atoms with van der Waals surface area (Å²) in [6.45, 7) is 1.93. The van der Waals surface area contributed by atoms with Crippen molar-refractivity contribution in [2.75, 3.05) is 24.7 Å². The molecule has 4 rings (SSSR count). The van der Waals surface area contributed by atoms with Crippen molar-refractivity contribution in [3.8, 4) is 0 Å². The summed E-state index contributed by atoms with van der Waals surface area (Å²) in [4.78, 5) is 16.0. The third kappa shape index (κ3) is 3.61. The van der Waals surface area contributed by atoms with Gasteiger partial charge in [0.1, 0.15) is 0 Å². The van der Waals surface area contributed by atoms with Gasteiger partial charge in [-0.25, -0.2) is 0 Å². The number of carbonyl (C=O) groups is 1. The number of hydrogen-bond acceptors (Lipinski definition) is 2. The van der Waals surface area contributed by atoms with Gasteiger partial charge in [-0.15, -0.1) is 0 Å². The second-order valence-electron chi connectivity index (χ2n) is 7.39. The SMILES string of the molecule is O=C(N1CCCCc2cc(Cl)ccc21)C1(c2ccc(Cl)cc2)CCOCC1. The van der Waals surface area contributed by atoms with Crippen molar-refractivity contribution in [2.24, 2.45) is 0 Å². The number of carbonyl (C=O) groups excluding carboxylic acids is 1. The highest BCUT2D eigenvalue weighted by Gasteiger charge is 2.44. The molecule has 5 heteroatoms. The zero-order valence-electron chi connectivity index (χ0n) is 15.2. The number of ether oxygens (including phenoxy) is 1. The largest absolute Gasteiger partial charge is 0.381 e. The van der Waals surface area contributed by atoms with Crippen LogP contribution >= 0.6 is 23.2 Å². The molecular weight excluding hydrogens is 381 g/mol. The fraction of sp³-hybridized carbons (Fsp3) is 0.409. The van der Waals surface area contributed by atoms with Crippen LogP contribution in [0.2, 0.25) is 10.0 Å². The van der Waals surface area contributed by atoms with Crippen LogP contribution in [-0.2, 0) is 21.4 Å². The Labute approximate surface area is 170 Å². The summed E-state index contributed by atoms with van der Waals surface area (Å²) in [5, 5.41) is 1.41. The minimum absolute atomic E-state index is 0.165. The monoisotopic (exact) mass is 403 g/mol. The van der Waals surface area contributed by atoms with Crippen molar-refractivity contribution >= 4 is 34.8 Å². The Hall–Kier alpha value is -1.55. The lowest BCUT2D eigenvalue weighted by Crippen LogP contribution is -2.50. The van der Waals surface area contributed by atoms with Crippen LogP contribution in [0.25, 0.3) is 0 Å². The van der Waals surface area contributed by atoms with E-state index < -0.39 is 5.41 Å². The molecule has 1 fully saturated rings. The summed E-state index contributed by atoms with van der Waals surface area (Å²) in [6.07, 6.45) is 4.38. The highest BCUT2D eigenvalue weighted by Crippen LogP contribution is 2.40. The van der Waals surface area contributed by atoms with E-state index in [-0.39, 0.29) is 5.91 Å². The van der Waals surface area contributed by atoms with E-state index in [9.17, 15) is 4.79 Å². The smallest absolute Gasteiger partial charge is 0.237 e. The van der Waals surface area contributed by atoms with Crippen molar-refractivity contribution in [3.05, 3.63) is 63.6 Å². The molecule has 2 aliphatic rings. The lowest BCUT2D eigenvalue weighted by molar-refractivity contribution is -0.127. The van der Waals surface area contributed by atoms with Crippen molar-refractivity contribution in [2.45, 2.75) is 37.5 Å². The first-order valence-corrected chi connectivity index (χ1v) is 10.3. The van der Waals surface area contributed by atoms with E-state index in [1.165, 1.54) is 0 Å². The standard InChI is InChI=1S/C22H23Cl2NO2/c23-18-6-4-17(5-7-18)22(10-13-27-14-11-22)21(26)25-12-2-1-3-16-15-19(24)8-9-20(16)25/h4-9,15H,1-3,10-14H2. The van der Waals surface area contributed by atoms with Crippen LogP contribution in [-0.4, -0.2) is 25.7 Å². The number of halogens is 2. The maximum Gasteiger partial charge on any atom is 0.237 e. The molecule has 142 valence electrons. The van der Waals surface area contributed by atoms with Gasteiger partial charge in [0.15, 0.2) is 0 Å². The predicted molar refractivity (Wildman–Crippen MR) is 110 cm³/mol. The number of hydrogen-bond donors (Lipinski definition) is 0. The van der Waals surface area contributed by atoms with Crippen molar-refractivity contribution < 1.29 is 9.53 Å². The van der Waals surface area contributed by atoms with E-state index in [0.717, 1.165) is 47.6 Å².